The summed E-state index contributed by atoms with van der Waals surface area (Å²) in [4.78, 5) is 16.6. The van der Waals surface area contributed by atoms with Crippen LogP contribution in [0.2, 0.25) is 5.02 Å². The van der Waals surface area contributed by atoms with E-state index in [0.717, 1.165) is 23.9 Å². The van der Waals surface area contributed by atoms with Gasteiger partial charge < -0.3 is 10.1 Å². The lowest BCUT2D eigenvalue weighted by atomic mass is 10.2. The molecule has 0 aliphatic heterocycles. The van der Waals surface area contributed by atoms with Crippen LogP contribution in [0, 0.1) is 17.5 Å². The van der Waals surface area contributed by atoms with Gasteiger partial charge in [0.25, 0.3) is 0 Å². The fourth-order valence-corrected chi connectivity index (χ4v) is 3.25. The second-order valence-corrected chi connectivity index (χ2v) is 7.53. The number of nitrogens with one attached hydrogen (secondary N) is 2. The van der Waals surface area contributed by atoms with Crippen molar-refractivity contribution in [3.05, 3.63) is 52.8 Å². The van der Waals surface area contributed by atoms with E-state index in [9.17, 15) is 18.0 Å². The number of methoxy groups -OCH3 is 1. The van der Waals surface area contributed by atoms with Crippen molar-refractivity contribution in [1.82, 2.24) is 15.2 Å². The molecule has 152 valence electrons. The number of carbonyl (C=O) groups is 1. The molecule has 1 heterocycles. The van der Waals surface area contributed by atoms with Gasteiger partial charge in [-0.15, -0.1) is 5.10 Å². The van der Waals surface area contributed by atoms with Gasteiger partial charge in [-0.05, 0) is 37.3 Å². The SMILES string of the molecule is COc1ccc(Cl)cc1-c1nc(S[C@@H](C)C(=O)Nc2ccc(F)c(F)c2F)n[nH]1. The number of amides is 1. The molecular formula is C18H14ClF3N4O2S. The van der Waals surface area contributed by atoms with E-state index in [1.165, 1.54) is 14.0 Å². The summed E-state index contributed by atoms with van der Waals surface area (Å²) in [6.07, 6.45) is 0. The van der Waals surface area contributed by atoms with Gasteiger partial charge in [0.05, 0.1) is 23.6 Å². The first-order valence-electron chi connectivity index (χ1n) is 8.17. The number of ether oxygens (including phenoxy) is 1. The first-order valence-corrected chi connectivity index (χ1v) is 9.43. The van der Waals surface area contributed by atoms with Gasteiger partial charge in [0, 0.05) is 5.02 Å². The first kappa shape index (κ1) is 21.0. The largest absolute Gasteiger partial charge is 0.496 e. The third kappa shape index (κ3) is 4.65. The van der Waals surface area contributed by atoms with E-state index in [-0.39, 0.29) is 5.16 Å². The van der Waals surface area contributed by atoms with Gasteiger partial charge in [-0.25, -0.2) is 18.2 Å². The molecule has 6 nitrogen and oxygen atoms in total. The molecule has 0 aliphatic carbocycles. The number of H-pyrrole nitrogens is 1. The summed E-state index contributed by atoms with van der Waals surface area (Å²) in [6, 6.07) is 6.67. The van der Waals surface area contributed by atoms with E-state index in [4.69, 9.17) is 16.3 Å². The van der Waals surface area contributed by atoms with Crippen LogP contribution in [0.5, 0.6) is 5.75 Å². The molecule has 1 amide bonds. The number of thioether (sulfide) groups is 1. The number of anilines is 1. The monoisotopic (exact) mass is 442 g/mol. The Morgan fingerprint density at radius 2 is 2.00 bits per heavy atom. The molecule has 0 saturated carbocycles. The molecule has 2 aromatic carbocycles. The molecule has 11 heteroatoms. The Labute approximate surface area is 172 Å². The molecule has 1 atom stereocenters. The highest BCUT2D eigenvalue weighted by Gasteiger charge is 2.21. The minimum atomic E-state index is -1.66. The Balaban J connectivity index is 1.72. The van der Waals surface area contributed by atoms with Gasteiger partial charge in [-0.3, -0.25) is 9.89 Å². The van der Waals surface area contributed by atoms with Gasteiger partial charge >= 0.3 is 0 Å². The van der Waals surface area contributed by atoms with Crippen LogP contribution < -0.4 is 10.1 Å². The van der Waals surface area contributed by atoms with Gasteiger partial charge in [-0.1, -0.05) is 23.4 Å². The maximum absolute atomic E-state index is 13.7. The quantitative estimate of drug-likeness (QED) is 0.428. The molecule has 0 unspecified atom stereocenters. The molecule has 3 aromatic rings. The molecule has 0 saturated heterocycles. The highest BCUT2D eigenvalue weighted by molar-refractivity contribution is 8.00. The zero-order valence-corrected chi connectivity index (χ0v) is 16.7. The standard InChI is InChI=1S/C18H14ClF3N4O2S/c1-8(17(27)23-12-5-4-11(20)14(21)15(12)22)29-18-24-16(25-26-18)10-7-9(19)3-6-13(10)28-2/h3-8H,1-2H3,(H,23,27)(H,24,25,26)/t8-/m0/s1. The van der Waals surface area contributed by atoms with Crippen molar-refractivity contribution in [3.63, 3.8) is 0 Å². The minimum Gasteiger partial charge on any atom is -0.496 e. The molecule has 1 aromatic heterocycles. The van der Waals surface area contributed by atoms with Crippen molar-refractivity contribution in [3.8, 4) is 17.1 Å². The highest BCUT2D eigenvalue weighted by atomic mass is 35.5. The lowest BCUT2D eigenvalue weighted by Crippen LogP contribution is -2.23. The van der Waals surface area contributed by atoms with Gasteiger partial charge in [-0.2, -0.15) is 0 Å². The summed E-state index contributed by atoms with van der Waals surface area (Å²) >= 11 is 7.00. The minimum absolute atomic E-state index is 0.246. The zero-order chi connectivity index (χ0) is 21.1. The number of benzene rings is 2. The topological polar surface area (TPSA) is 79.9 Å². The summed E-state index contributed by atoms with van der Waals surface area (Å²) in [5, 5.41) is 8.96. The smallest absolute Gasteiger partial charge is 0.237 e. The van der Waals surface area contributed by atoms with Crippen LogP contribution in [-0.4, -0.2) is 33.4 Å². The number of halogens is 4. The summed E-state index contributed by atoms with van der Waals surface area (Å²) in [6.45, 7) is 1.54. The molecule has 2 N–H and O–H groups in total. The van der Waals surface area contributed by atoms with Crippen LogP contribution in [-0.2, 0) is 4.79 Å². The fraction of sp³-hybridized carbons (Fsp3) is 0.167. The third-order valence-corrected chi connectivity index (χ3v) is 5.02. The number of hydrogen-bond donors (Lipinski definition) is 2. The van der Waals surface area contributed by atoms with E-state index < -0.39 is 34.3 Å². The normalized spacial score (nSPS) is 11.9. The number of hydrogen-bond acceptors (Lipinski definition) is 5. The van der Waals surface area contributed by atoms with Crippen molar-refractivity contribution < 1.29 is 22.7 Å². The predicted molar refractivity (Wildman–Crippen MR) is 104 cm³/mol. The lowest BCUT2D eigenvalue weighted by molar-refractivity contribution is -0.115. The number of rotatable bonds is 6. The Morgan fingerprint density at radius 3 is 2.72 bits per heavy atom. The first-order chi connectivity index (χ1) is 13.8. The second-order valence-electron chi connectivity index (χ2n) is 5.78. The van der Waals surface area contributed by atoms with Crippen LogP contribution in [0.1, 0.15) is 6.92 Å². The zero-order valence-electron chi connectivity index (χ0n) is 15.1. The van der Waals surface area contributed by atoms with Crippen LogP contribution in [0.15, 0.2) is 35.5 Å². The van der Waals surface area contributed by atoms with E-state index in [2.05, 4.69) is 20.5 Å². The maximum atomic E-state index is 13.7. The Bertz CT molecular complexity index is 1060. The molecule has 3 rings (SSSR count). The molecule has 0 radical (unpaired) electrons. The average Bonchev–Trinajstić information content (AvgIpc) is 3.16. The maximum Gasteiger partial charge on any atom is 0.237 e. The van der Waals surface area contributed by atoms with Crippen LogP contribution >= 0.6 is 23.4 Å². The highest BCUT2D eigenvalue weighted by Crippen LogP contribution is 2.32. The molecule has 0 spiro atoms. The van der Waals surface area contributed by atoms with Crippen molar-refractivity contribution in [2.45, 2.75) is 17.3 Å². The number of aromatic amines is 1. The number of carbonyl (C=O) groups excluding carboxylic acids is 1. The van der Waals surface area contributed by atoms with E-state index >= 15 is 0 Å². The van der Waals surface area contributed by atoms with Crippen molar-refractivity contribution >= 4 is 35.0 Å². The van der Waals surface area contributed by atoms with Crippen LogP contribution in [0.3, 0.4) is 0 Å². The van der Waals surface area contributed by atoms with Crippen molar-refractivity contribution in [1.29, 1.82) is 0 Å². The summed E-state index contributed by atoms with van der Waals surface area (Å²) in [5.74, 6) is -4.19. The Hall–Kier alpha value is -2.72. The molecule has 0 aliphatic rings. The number of nitrogens with zero attached hydrogens (tertiary/aromatic N) is 2. The van der Waals surface area contributed by atoms with Gasteiger partial charge in [0.2, 0.25) is 11.1 Å². The van der Waals surface area contributed by atoms with E-state index in [1.54, 1.807) is 18.2 Å². The second kappa shape index (κ2) is 8.75. The Morgan fingerprint density at radius 1 is 1.24 bits per heavy atom. The predicted octanol–water partition coefficient (Wildman–Crippen LogP) is 4.67. The summed E-state index contributed by atoms with van der Waals surface area (Å²) < 4.78 is 45.3. The third-order valence-electron chi connectivity index (χ3n) is 3.83. The molecular weight excluding hydrogens is 429 g/mol. The van der Waals surface area contributed by atoms with E-state index in [0.29, 0.717) is 22.2 Å². The summed E-state index contributed by atoms with van der Waals surface area (Å²) in [7, 11) is 1.50. The van der Waals surface area contributed by atoms with Gasteiger partial charge in [0.15, 0.2) is 23.3 Å². The van der Waals surface area contributed by atoms with Gasteiger partial charge in [0.1, 0.15) is 5.75 Å². The molecule has 0 bridgehead atoms. The van der Waals surface area contributed by atoms with Crippen molar-refractivity contribution in [2.24, 2.45) is 0 Å². The van der Waals surface area contributed by atoms with E-state index in [1.807, 2.05) is 0 Å². The van der Waals surface area contributed by atoms with Crippen LogP contribution in [0.4, 0.5) is 18.9 Å². The summed E-state index contributed by atoms with van der Waals surface area (Å²) in [5.41, 5.74) is 0.126. The molecule has 29 heavy (non-hydrogen) atoms. The number of aromatic nitrogens is 3. The van der Waals surface area contributed by atoms with Crippen molar-refractivity contribution in [2.75, 3.05) is 12.4 Å². The lowest BCUT2D eigenvalue weighted by Gasteiger charge is -2.11. The average molecular weight is 443 g/mol. The fourth-order valence-electron chi connectivity index (χ4n) is 2.35. The molecule has 0 fully saturated rings. The van der Waals surface area contributed by atoms with Crippen LogP contribution in [0.25, 0.3) is 11.4 Å². The Kier molecular flexibility index (Phi) is 6.33.